The average Bonchev–Trinajstić information content (AvgIpc) is 3.26. The normalized spacial score (nSPS) is 13.1. The van der Waals surface area contributed by atoms with Gasteiger partial charge in [0.1, 0.15) is 0 Å². The zero-order valence-electron chi connectivity index (χ0n) is 20.1. The SMILES string of the molecule is CCCCCCn1c(S/C(C=O)=C/c2cccc3c2C(=O)c2ccccc2C3=O)nc2ccccc21. The summed E-state index contributed by atoms with van der Waals surface area (Å²) in [6.45, 7) is 3.01. The molecule has 0 atom stereocenters. The van der Waals surface area contributed by atoms with Crippen molar-refractivity contribution in [2.24, 2.45) is 0 Å². The number of ketones is 2. The minimum Gasteiger partial charge on any atom is -0.319 e. The van der Waals surface area contributed by atoms with Gasteiger partial charge in [0, 0.05) is 28.8 Å². The maximum atomic E-state index is 13.4. The second kappa shape index (κ2) is 10.5. The number of unbranched alkanes of at least 4 members (excludes halogenated alkanes) is 3. The number of imidazole rings is 1. The summed E-state index contributed by atoms with van der Waals surface area (Å²) in [5.74, 6) is -0.380. The van der Waals surface area contributed by atoms with E-state index in [4.69, 9.17) is 4.98 Å². The maximum Gasteiger partial charge on any atom is 0.195 e. The predicted molar refractivity (Wildman–Crippen MR) is 144 cm³/mol. The second-order valence-electron chi connectivity index (χ2n) is 8.84. The van der Waals surface area contributed by atoms with E-state index >= 15 is 0 Å². The van der Waals surface area contributed by atoms with E-state index in [-0.39, 0.29) is 11.6 Å². The molecule has 1 aliphatic carbocycles. The summed E-state index contributed by atoms with van der Waals surface area (Å²) in [4.78, 5) is 43.8. The van der Waals surface area contributed by atoms with E-state index in [2.05, 4.69) is 11.5 Å². The van der Waals surface area contributed by atoms with Crippen LogP contribution in [-0.4, -0.2) is 27.4 Å². The first-order valence-electron chi connectivity index (χ1n) is 12.2. The van der Waals surface area contributed by atoms with Crippen LogP contribution >= 0.6 is 11.8 Å². The molecule has 0 saturated heterocycles. The van der Waals surface area contributed by atoms with Gasteiger partial charge in [0.2, 0.25) is 0 Å². The van der Waals surface area contributed by atoms with Crippen molar-refractivity contribution in [1.82, 2.24) is 9.55 Å². The first-order chi connectivity index (χ1) is 17.6. The van der Waals surface area contributed by atoms with Crippen molar-refractivity contribution < 1.29 is 14.4 Å². The molecule has 1 aromatic heterocycles. The largest absolute Gasteiger partial charge is 0.319 e. The van der Waals surface area contributed by atoms with Crippen LogP contribution in [0, 0.1) is 0 Å². The Balaban J connectivity index is 1.52. The predicted octanol–water partition coefficient (Wildman–Crippen LogP) is 6.72. The van der Waals surface area contributed by atoms with Crippen molar-refractivity contribution in [3.8, 4) is 0 Å². The first-order valence-corrected chi connectivity index (χ1v) is 13.1. The molecule has 0 radical (unpaired) electrons. The highest BCUT2D eigenvalue weighted by Gasteiger charge is 2.30. The second-order valence-corrected chi connectivity index (χ2v) is 9.88. The monoisotopic (exact) mass is 494 g/mol. The molecule has 0 spiro atoms. The number of rotatable bonds is 9. The van der Waals surface area contributed by atoms with Crippen molar-refractivity contribution in [2.45, 2.75) is 44.3 Å². The lowest BCUT2D eigenvalue weighted by atomic mass is 9.82. The van der Waals surface area contributed by atoms with Crippen LogP contribution in [0.2, 0.25) is 0 Å². The van der Waals surface area contributed by atoms with Gasteiger partial charge in [-0.1, -0.05) is 80.8 Å². The van der Waals surface area contributed by atoms with Crippen molar-refractivity contribution in [2.75, 3.05) is 0 Å². The van der Waals surface area contributed by atoms with E-state index in [9.17, 15) is 14.4 Å². The molecule has 0 bridgehead atoms. The number of fused-ring (bicyclic) bond motifs is 3. The van der Waals surface area contributed by atoms with E-state index < -0.39 is 0 Å². The summed E-state index contributed by atoms with van der Waals surface area (Å²) in [5.41, 5.74) is 4.00. The number of hydrogen-bond donors (Lipinski definition) is 0. The Labute approximate surface area is 214 Å². The van der Waals surface area contributed by atoms with Gasteiger partial charge < -0.3 is 4.57 Å². The number of aryl methyl sites for hydroxylation is 1. The highest BCUT2D eigenvalue weighted by molar-refractivity contribution is 8.03. The molecular weight excluding hydrogens is 468 g/mol. The molecule has 4 aromatic rings. The Morgan fingerprint density at radius 1 is 0.861 bits per heavy atom. The number of allylic oxidation sites excluding steroid dienone is 1. The summed E-state index contributed by atoms with van der Waals surface area (Å²) in [7, 11) is 0. The lowest BCUT2D eigenvalue weighted by molar-refractivity contribution is -0.104. The number of aldehydes is 1. The van der Waals surface area contributed by atoms with Gasteiger partial charge in [-0.25, -0.2) is 4.98 Å². The Kier molecular flexibility index (Phi) is 6.96. The van der Waals surface area contributed by atoms with Crippen LogP contribution in [0.25, 0.3) is 17.1 Å². The van der Waals surface area contributed by atoms with E-state index in [1.165, 1.54) is 18.2 Å². The molecule has 3 aromatic carbocycles. The Hall–Kier alpha value is -3.77. The third-order valence-electron chi connectivity index (χ3n) is 6.46. The minimum atomic E-state index is -0.203. The molecule has 180 valence electrons. The van der Waals surface area contributed by atoms with Crippen LogP contribution in [0.3, 0.4) is 0 Å². The summed E-state index contributed by atoms with van der Waals surface area (Å²) in [6, 6.07) is 20.0. The smallest absolute Gasteiger partial charge is 0.195 e. The van der Waals surface area contributed by atoms with Crippen molar-refractivity contribution in [1.29, 1.82) is 0 Å². The highest BCUT2D eigenvalue weighted by atomic mass is 32.2. The Bertz CT molecular complexity index is 1520. The molecular formula is C30H26N2O3S. The zero-order valence-corrected chi connectivity index (χ0v) is 20.9. The molecule has 5 rings (SSSR count). The fourth-order valence-electron chi connectivity index (χ4n) is 4.68. The molecule has 5 nitrogen and oxygen atoms in total. The molecule has 0 saturated carbocycles. The zero-order chi connectivity index (χ0) is 25.1. The molecule has 1 heterocycles. The number of nitrogens with zero attached hydrogens (tertiary/aromatic N) is 2. The summed E-state index contributed by atoms with van der Waals surface area (Å²) < 4.78 is 2.17. The fourth-order valence-corrected chi connectivity index (χ4v) is 5.57. The van der Waals surface area contributed by atoms with Gasteiger partial charge in [-0.05, 0) is 42.0 Å². The number of carbonyl (C=O) groups is 3. The van der Waals surface area contributed by atoms with E-state index in [0.717, 1.165) is 48.3 Å². The number of thioether (sulfide) groups is 1. The van der Waals surface area contributed by atoms with Gasteiger partial charge in [0.05, 0.1) is 15.9 Å². The van der Waals surface area contributed by atoms with Crippen LogP contribution in [0.15, 0.2) is 76.8 Å². The van der Waals surface area contributed by atoms with E-state index in [0.29, 0.717) is 32.7 Å². The number of benzene rings is 3. The van der Waals surface area contributed by atoms with Crippen LogP contribution in [-0.2, 0) is 11.3 Å². The molecule has 0 aliphatic heterocycles. The number of para-hydroxylation sites is 2. The van der Waals surface area contributed by atoms with Gasteiger partial charge in [0.15, 0.2) is 23.0 Å². The molecule has 0 unspecified atom stereocenters. The molecule has 6 heteroatoms. The van der Waals surface area contributed by atoms with Crippen molar-refractivity contribution >= 4 is 46.7 Å². The van der Waals surface area contributed by atoms with Crippen LogP contribution in [0.1, 0.15) is 70.0 Å². The van der Waals surface area contributed by atoms with Crippen molar-refractivity contribution in [3.05, 3.63) is 99.5 Å². The third-order valence-corrected chi connectivity index (χ3v) is 7.41. The standard InChI is InChI=1S/C30H26N2O3S/c1-2-3-4-9-17-32-26-16-8-7-15-25(26)31-30(32)36-21(19-33)18-20-11-10-14-24-27(20)29(35)23-13-6-5-12-22(23)28(24)34/h5-8,10-16,18-19H,2-4,9,17H2,1H3/b21-18+. The molecule has 0 fully saturated rings. The molecule has 0 N–H and O–H groups in total. The topological polar surface area (TPSA) is 69.0 Å². The number of carbonyl (C=O) groups excluding carboxylic acids is 3. The quantitative estimate of drug-likeness (QED) is 0.0984. The number of hydrogen-bond acceptors (Lipinski definition) is 5. The van der Waals surface area contributed by atoms with Gasteiger partial charge in [-0.15, -0.1) is 0 Å². The van der Waals surface area contributed by atoms with Crippen LogP contribution in [0.5, 0.6) is 0 Å². The fraction of sp³-hybridized carbons (Fsp3) is 0.200. The lowest BCUT2D eigenvalue weighted by Crippen LogP contribution is -2.21. The van der Waals surface area contributed by atoms with Gasteiger partial charge in [0.25, 0.3) is 0 Å². The lowest BCUT2D eigenvalue weighted by Gasteiger charge is -2.19. The summed E-state index contributed by atoms with van der Waals surface area (Å²) in [6.07, 6.45) is 6.99. The molecule has 1 aliphatic rings. The average molecular weight is 495 g/mol. The van der Waals surface area contributed by atoms with Gasteiger partial charge in [-0.3, -0.25) is 14.4 Å². The molecule has 36 heavy (non-hydrogen) atoms. The molecule has 0 amide bonds. The van der Waals surface area contributed by atoms with E-state index in [1.807, 2.05) is 24.3 Å². The van der Waals surface area contributed by atoms with E-state index in [1.54, 1.807) is 48.5 Å². The van der Waals surface area contributed by atoms with Gasteiger partial charge >= 0.3 is 0 Å². The van der Waals surface area contributed by atoms with Crippen LogP contribution < -0.4 is 0 Å². The summed E-state index contributed by atoms with van der Waals surface area (Å²) >= 11 is 1.29. The van der Waals surface area contributed by atoms with Crippen molar-refractivity contribution in [3.63, 3.8) is 0 Å². The summed E-state index contributed by atoms with van der Waals surface area (Å²) in [5, 5.41) is 0.739. The Morgan fingerprint density at radius 3 is 2.36 bits per heavy atom. The Morgan fingerprint density at radius 2 is 1.58 bits per heavy atom. The number of aromatic nitrogens is 2. The first kappa shape index (κ1) is 23.9. The maximum absolute atomic E-state index is 13.4. The van der Waals surface area contributed by atoms with Gasteiger partial charge in [-0.2, -0.15) is 0 Å². The highest BCUT2D eigenvalue weighted by Crippen LogP contribution is 2.34. The van der Waals surface area contributed by atoms with Crippen LogP contribution in [0.4, 0.5) is 0 Å². The third kappa shape index (κ3) is 4.44. The minimum absolute atomic E-state index is 0.176.